The minimum atomic E-state index is -0.805. The Morgan fingerprint density at radius 2 is 2.29 bits per heavy atom. The van der Waals surface area contributed by atoms with E-state index in [1.54, 1.807) is 6.20 Å². The van der Waals surface area contributed by atoms with Crippen LogP contribution in [-0.4, -0.2) is 14.5 Å². The monoisotopic (exact) mass is 190 g/mol. The van der Waals surface area contributed by atoms with E-state index >= 15 is 0 Å². The lowest BCUT2D eigenvalue weighted by atomic mass is 10.0. The molecule has 2 aromatic heterocycles. The molecule has 1 atom stereocenters. The van der Waals surface area contributed by atoms with Gasteiger partial charge in [0.25, 0.3) is 0 Å². The van der Waals surface area contributed by atoms with E-state index in [-0.39, 0.29) is 0 Å². The summed E-state index contributed by atoms with van der Waals surface area (Å²) in [6.07, 6.45) is 4.33. The number of aromatic nitrogens is 2. The highest BCUT2D eigenvalue weighted by Gasteiger charge is 2.24. The molecule has 74 valence electrons. The van der Waals surface area contributed by atoms with Crippen LogP contribution in [0.4, 0.5) is 0 Å². The number of imidazole rings is 1. The zero-order chi connectivity index (χ0) is 10.2. The lowest BCUT2D eigenvalue weighted by Crippen LogP contribution is -2.21. The van der Waals surface area contributed by atoms with E-state index in [1.807, 2.05) is 42.6 Å². The third-order valence-corrected chi connectivity index (χ3v) is 2.66. The fourth-order valence-electron chi connectivity index (χ4n) is 1.51. The molecule has 2 rings (SSSR count). The summed E-state index contributed by atoms with van der Waals surface area (Å²) in [6.45, 7) is 3.77. The second kappa shape index (κ2) is 3.10. The van der Waals surface area contributed by atoms with Crippen LogP contribution in [0, 0.1) is 0 Å². The molecular weight excluding hydrogens is 176 g/mol. The Morgan fingerprint density at radius 3 is 3.00 bits per heavy atom. The van der Waals surface area contributed by atoms with Gasteiger partial charge < -0.3 is 9.51 Å². The molecule has 0 spiro atoms. The Labute approximate surface area is 83.0 Å². The van der Waals surface area contributed by atoms with Crippen molar-refractivity contribution >= 4 is 5.65 Å². The lowest BCUT2D eigenvalue weighted by Gasteiger charge is -2.20. The van der Waals surface area contributed by atoms with Crippen molar-refractivity contribution in [3.63, 3.8) is 0 Å². The van der Waals surface area contributed by atoms with Crippen molar-refractivity contribution in [2.45, 2.75) is 25.9 Å². The summed E-state index contributed by atoms with van der Waals surface area (Å²) in [4.78, 5) is 4.24. The van der Waals surface area contributed by atoms with Gasteiger partial charge in [0.2, 0.25) is 0 Å². The molecular formula is C11H14N2O. The van der Waals surface area contributed by atoms with Gasteiger partial charge in [0.15, 0.2) is 0 Å². The van der Waals surface area contributed by atoms with Gasteiger partial charge in [-0.1, -0.05) is 13.0 Å². The van der Waals surface area contributed by atoms with Crippen molar-refractivity contribution in [2.24, 2.45) is 0 Å². The Hall–Kier alpha value is -1.35. The van der Waals surface area contributed by atoms with Gasteiger partial charge in [-0.25, -0.2) is 4.98 Å². The average Bonchev–Trinajstić information content (AvgIpc) is 2.61. The highest BCUT2D eigenvalue weighted by Crippen LogP contribution is 2.24. The smallest absolute Gasteiger partial charge is 0.136 e. The molecule has 0 fully saturated rings. The zero-order valence-corrected chi connectivity index (χ0v) is 8.44. The van der Waals surface area contributed by atoms with Crippen LogP contribution in [0.25, 0.3) is 5.65 Å². The number of rotatable bonds is 2. The Morgan fingerprint density at radius 1 is 1.50 bits per heavy atom. The van der Waals surface area contributed by atoms with Crippen molar-refractivity contribution in [1.82, 2.24) is 9.38 Å². The third kappa shape index (κ3) is 1.30. The summed E-state index contributed by atoms with van der Waals surface area (Å²) in [5, 5.41) is 10.1. The van der Waals surface area contributed by atoms with E-state index < -0.39 is 5.60 Å². The molecule has 3 heteroatoms. The molecule has 2 heterocycles. The average molecular weight is 190 g/mol. The molecule has 2 aromatic rings. The molecule has 0 bridgehead atoms. The van der Waals surface area contributed by atoms with E-state index in [0.717, 1.165) is 11.3 Å². The molecule has 14 heavy (non-hydrogen) atoms. The predicted octanol–water partition coefficient (Wildman–Crippen LogP) is 1.95. The number of hydrogen-bond donors (Lipinski definition) is 1. The van der Waals surface area contributed by atoms with Crippen LogP contribution in [0.2, 0.25) is 0 Å². The van der Waals surface area contributed by atoms with Crippen molar-refractivity contribution in [3.05, 3.63) is 36.3 Å². The zero-order valence-electron chi connectivity index (χ0n) is 8.44. The predicted molar refractivity (Wildman–Crippen MR) is 55.1 cm³/mol. The van der Waals surface area contributed by atoms with E-state index in [0.29, 0.717) is 6.42 Å². The summed E-state index contributed by atoms with van der Waals surface area (Å²) < 4.78 is 1.92. The molecule has 3 nitrogen and oxygen atoms in total. The number of fused-ring (bicyclic) bond motifs is 1. The second-order valence-electron chi connectivity index (χ2n) is 3.70. The third-order valence-electron chi connectivity index (χ3n) is 2.66. The fourth-order valence-corrected chi connectivity index (χ4v) is 1.51. The Bertz CT molecular complexity index is 445. The molecule has 0 radical (unpaired) electrons. The largest absolute Gasteiger partial charge is 0.384 e. The molecule has 0 saturated carbocycles. The molecule has 0 aliphatic heterocycles. The van der Waals surface area contributed by atoms with Gasteiger partial charge in [0.05, 0.1) is 11.9 Å². The highest BCUT2D eigenvalue weighted by molar-refractivity contribution is 5.40. The first kappa shape index (κ1) is 9.21. The SMILES string of the molecule is CC[C@@](C)(O)c1cnc2ccccn12. The van der Waals surface area contributed by atoms with Crippen LogP contribution in [0.15, 0.2) is 30.6 Å². The van der Waals surface area contributed by atoms with Gasteiger partial charge in [-0.05, 0) is 25.5 Å². The second-order valence-corrected chi connectivity index (χ2v) is 3.70. The summed E-state index contributed by atoms with van der Waals surface area (Å²) in [5.74, 6) is 0. The first-order valence-corrected chi connectivity index (χ1v) is 4.80. The van der Waals surface area contributed by atoms with Crippen LogP contribution in [0.5, 0.6) is 0 Å². The van der Waals surface area contributed by atoms with Gasteiger partial charge in [-0.2, -0.15) is 0 Å². The Kier molecular flexibility index (Phi) is 2.04. The van der Waals surface area contributed by atoms with Crippen LogP contribution in [-0.2, 0) is 5.60 Å². The van der Waals surface area contributed by atoms with E-state index in [1.165, 1.54) is 0 Å². The summed E-state index contributed by atoms with van der Waals surface area (Å²) >= 11 is 0. The maximum atomic E-state index is 10.1. The number of pyridine rings is 1. The molecule has 1 N–H and O–H groups in total. The summed E-state index contributed by atoms with van der Waals surface area (Å²) in [6, 6.07) is 5.80. The highest BCUT2D eigenvalue weighted by atomic mass is 16.3. The number of nitrogens with zero attached hydrogens (tertiary/aromatic N) is 2. The maximum Gasteiger partial charge on any atom is 0.136 e. The van der Waals surface area contributed by atoms with Gasteiger partial charge >= 0.3 is 0 Å². The molecule has 0 unspecified atom stereocenters. The summed E-state index contributed by atoms with van der Waals surface area (Å²) in [5.41, 5.74) is 0.910. The van der Waals surface area contributed by atoms with E-state index in [2.05, 4.69) is 4.98 Å². The lowest BCUT2D eigenvalue weighted by molar-refractivity contribution is 0.0477. The minimum absolute atomic E-state index is 0.676. The van der Waals surface area contributed by atoms with Crippen molar-refractivity contribution in [3.8, 4) is 0 Å². The van der Waals surface area contributed by atoms with Crippen molar-refractivity contribution in [2.75, 3.05) is 0 Å². The standard InChI is InChI=1S/C11H14N2O/c1-3-11(2,14)9-8-12-10-6-4-5-7-13(9)10/h4-8,14H,3H2,1-2H3/t11-/m1/s1. The van der Waals surface area contributed by atoms with Crippen LogP contribution >= 0.6 is 0 Å². The fraction of sp³-hybridized carbons (Fsp3) is 0.364. The van der Waals surface area contributed by atoms with Crippen molar-refractivity contribution in [1.29, 1.82) is 0 Å². The topological polar surface area (TPSA) is 37.5 Å². The Balaban J connectivity index is 2.64. The summed E-state index contributed by atoms with van der Waals surface area (Å²) in [7, 11) is 0. The van der Waals surface area contributed by atoms with E-state index in [4.69, 9.17) is 0 Å². The first-order valence-electron chi connectivity index (χ1n) is 4.80. The normalized spacial score (nSPS) is 15.6. The van der Waals surface area contributed by atoms with Crippen LogP contribution < -0.4 is 0 Å². The van der Waals surface area contributed by atoms with Gasteiger partial charge in [0, 0.05) is 6.20 Å². The number of aliphatic hydroxyl groups is 1. The van der Waals surface area contributed by atoms with Crippen LogP contribution in [0.3, 0.4) is 0 Å². The number of hydrogen-bond acceptors (Lipinski definition) is 2. The molecule has 0 aliphatic carbocycles. The quantitative estimate of drug-likeness (QED) is 0.786. The first-order chi connectivity index (χ1) is 6.65. The molecule has 0 amide bonds. The van der Waals surface area contributed by atoms with Crippen molar-refractivity contribution < 1.29 is 5.11 Å². The molecule has 0 saturated heterocycles. The van der Waals surface area contributed by atoms with Gasteiger partial charge in [0.1, 0.15) is 11.2 Å². The minimum Gasteiger partial charge on any atom is -0.384 e. The molecule has 0 aromatic carbocycles. The van der Waals surface area contributed by atoms with Crippen LogP contribution in [0.1, 0.15) is 26.0 Å². The van der Waals surface area contributed by atoms with Gasteiger partial charge in [-0.3, -0.25) is 0 Å². The maximum absolute atomic E-state index is 10.1. The van der Waals surface area contributed by atoms with Gasteiger partial charge in [-0.15, -0.1) is 0 Å². The van der Waals surface area contributed by atoms with E-state index in [9.17, 15) is 5.11 Å². The molecule has 0 aliphatic rings.